The first-order valence-corrected chi connectivity index (χ1v) is 9.76. The lowest BCUT2D eigenvalue weighted by Gasteiger charge is -2.11. The summed E-state index contributed by atoms with van der Waals surface area (Å²) in [5.41, 5.74) is 3.72. The van der Waals surface area contributed by atoms with E-state index < -0.39 is 15.7 Å². The third kappa shape index (κ3) is 3.57. The standard InChI is InChI=1S/C19H15ClFNO2S/c1-12-10-13(5-7-16(12)20)15-4-3-9-22-19(15)14-6-8-18(17(21)11-14)25(2,23)24/h3-11H,1-2H3. The van der Waals surface area contributed by atoms with Gasteiger partial charge in [0.1, 0.15) is 10.7 Å². The van der Waals surface area contributed by atoms with Crippen LogP contribution >= 0.6 is 11.6 Å². The molecule has 0 saturated heterocycles. The minimum atomic E-state index is -3.62. The predicted molar refractivity (Wildman–Crippen MR) is 97.9 cm³/mol. The van der Waals surface area contributed by atoms with Gasteiger partial charge in [0.25, 0.3) is 0 Å². The monoisotopic (exact) mass is 375 g/mol. The highest BCUT2D eigenvalue weighted by Crippen LogP contribution is 2.33. The quantitative estimate of drug-likeness (QED) is 0.652. The van der Waals surface area contributed by atoms with Gasteiger partial charge in [-0.05, 0) is 48.4 Å². The molecule has 0 aliphatic carbocycles. The van der Waals surface area contributed by atoms with Crippen molar-refractivity contribution < 1.29 is 12.8 Å². The van der Waals surface area contributed by atoms with E-state index in [0.29, 0.717) is 16.3 Å². The predicted octanol–water partition coefficient (Wildman–Crippen LogP) is 4.92. The van der Waals surface area contributed by atoms with Gasteiger partial charge in [0.05, 0.1) is 5.69 Å². The zero-order valence-electron chi connectivity index (χ0n) is 13.6. The van der Waals surface area contributed by atoms with Gasteiger partial charge < -0.3 is 0 Å². The zero-order chi connectivity index (χ0) is 18.2. The Morgan fingerprint density at radius 2 is 1.76 bits per heavy atom. The molecule has 1 aromatic heterocycles. The smallest absolute Gasteiger partial charge is 0.178 e. The van der Waals surface area contributed by atoms with Gasteiger partial charge in [0.2, 0.25) is 0 Å². The van der Waals surface area contributed by atoms with E-state index in [9.17, 15) is 12.8 Å². The van der Waals surface area contributed by atoms with Gasteiger partial charge in [-0.3, -0.25) is 4.98 Å². The molecule has 0 bridgehead atoms. The van der Waals surface area contributed by atoms with Crippen LogP contribution in [0.1, 0.15) is 5.56 Å². The number of rotatable bonds is 3. The van der Waals surface area contributed by atoms with Crippen LogP contribution in [0.4, 0.5) is 4.39 Å². The Labute approximate surface area is 151 Å². The largest absolute Gasteiger partial charge is 0.256 e. The molecule has 3 nitrogen and oxygen atoms in total. The van der Waals surface area contributed by atoms with Gasteiger partial charge in [-0.25, -0.2) is 12.8 Å². The lowest BCUT2D eigenvalue weighted by molar-refractivity contribution is 0.571. The minimum absolute atomic E-state index is 0.323. The molecule has 0 saturated carbocycles. The average Bonchev–Trinajstić information content (AvgIpc) is 2.56. The molecule has 0 unspecified atom stereocenters. The molecule has 6 heteroatoms. The summed E-state index contributed by atoms with van der Waals surface area (Å²) in [5.74, 6) is -0.788. The molecular weight excluding hydrogens is 361 g/mol. The first-order chi connectivity index (χ1) is 11.8. The molecule has 0 radical (unpaired) electrons. The lowest BCUT2D eigenvalue weighted by Crippen LogP contribution is -2.01. The van der Waals surface area contributed by atoms with Gasteiger partial charge in [0, 0.05) is 28.6 Å². The fourth-order valence-corrected chi connectivity index (χ4v) is 3.48. The number of aromatic nitrogens is 1. The number of benzene rings is 2. The second-order valence-electron chi connectivity index (χ2n) is 5.78. The van der Waals surface area contributed by atoms with Gasteiger partial charge in [-0.2, -0.15) is 0 Å². The van der Waals surface area contributed by atoms with E-state index in [-0.39, 0.29) is 4.90 Å². The van der Waals surface area contributed by atoms with E-state index in [2.05, 4.69) is 4.98 Å². The lowest BCUT2D eigenvalue weighted by atomic mass is 9.98. The molecule has 128 valence electrons. The molecule has 0 spiro atoms. The van der Waals surface area contributed by atoms with Crippen LogP contribution < -0.4 is 0 Å². The van der Waals surface area contributed by atoms with Crippen molar-refractivity contribution in [1.82, 2.24) is 4.98 Å². The van der Waals surface area contributed by atoms with Gasteiger partial charge >= 0.3 is 0 Å². The van der Waals surface area contributed by atoms with E-state index in [1.165, 1.54) is 12.1 Å². The summed E-state index contributed by atoms with van der Waals surface area (Å²) in [4.78, 5) is 4.04. The maximum Gasteiger partial charge on any atom is 0.178 e. The van der Waals surface area contributed by atoms with Crippen LogP contribution in [-0.2, 0) is 9.84 Å². The first kappa shape index (κ1) is 17.6. The van der Waals surface area contributed by atoms with Crippen LogP contribution in [0.3, 0.4) is 0 Å². The van der Waals surface area contributed by atoms with Crippen molar-refractivity contribution in [2.75, 3.05) is 6.26 Å². The molecule has 0 atom stereocenters. The fourth-order valence-electron chi connectivity index (χ4n) is 2.63. The number of sulfone groups is 1. The van der Waals surface area contributed by atoms with E-state index in [4.69, 9.17) is 11.6 Å². The van der Waals surface area contributed by atoms with Crippen LogP contribution in [0.5, 0.6) is 0 Å². The second kappa shape index (κ2) is 6.58. The summed E-state index contributed by atoms with van der Waals surface area (Å²) < 4.78 is 37.4. The summed E-state index contributed by atoms with van der Waals surface area (Å²) in [6.45, 7) is 1.91. The molecule has 3 rings (SSSR count). The SMILES string of the molecule is Cc1cc(-c2cccnc2-c2ccc(S(C)(=O)=O)c(F)c2)ccc1Cl. The second-order valence-corrected chi connectivity index (χ2v) is 8.17. The van der Waals surface area contributed by atoms with Crippen LogP contribution in [-0.4, -0.2) is 19.7 Å². The highest BCUT2D eigenvalue weighted by molar-refractivity contribution is 7.90. The van der Waals surface area contributed by atoms with Crippen LogP contribution in [0.15, 0.2) is 59.6 Å². The Balaban J connectivity index is 2.16. The van der Waals surface area contributed by atoms with Gasteiger partial charge in [-0.1, -0.05) is 29.8 Å². The Kier molecular flexibility index (Phi) is 4.62. The van der Waals surface area contributed by atoms with Gasteiger partial charge in [0.15, 0.2) is 9.84 Å². The number of hydrogen-bond donors (Lipinski definition) is 0. The number of aryl methyl sites for hydroxylation is 1. The molecule has 0 aliphatic heterocycles. The molecule has 1 heterocycles. The highest BCUT2D eigenvalue weighted by atomic mass is 35.5. The Morgan fingerprint density at radius 1 is 1.04 bits per heavy atom. The third-order valence-corrected chi connectivity index (χ3v) is 5.44. The highest BCUT2D eigenvalue weighted by Gasteiger charge is 2.16. The van der Waals surface area contributed by atoms with E-state index in [1.807, 2.05) is 25.1 Å². The first-order valence-electron chi connectivity index (χ1n) is 7.49. The van der Waals surface area contributed by atoms with Crippen LogP contribution in [0.2, 0.25) is 5.02 Å². The maximum atomic E-state index is 14.3. The van der Waals surface area contributed by atoms with Crippen LogP contribution in [0, 0.1) is 12.7 Å². The van der Waals surface area contributed by atoms with Crippen molar-refractivity contribution in [3.05, 3.63) is 71.1 Å². The summed E-state index contributed by atoms with van der Waals surface area (Å²) in [6, 6.07) is 13.3. The Hall–Kier alpha value is -2.24. The summed E-state index contributed by atoms with van der Waals surface area (Å²) in [7, 11) is -3.62. The molecule has 0 amide bonds. The maximum absolute atomic E-state index is 14.3. The molecular formula is C19H15ClFNO2S. The van der Waals surface area contributed by atoms with E-state index in [0.717, 1.165) is 22.9 Å². The van der Waals surface area contributed by atoms with Crippen molar-refractivity contribution in [3.8, 4) is 22.4 Å². The summed E-state index contributed by atoms with van der Waals surface area (Å²) >= 11 is 6.08. The van der Waals surface area contributed by atoms with Crippen molar-refractivity contribution in [2.45, 2.75) is 11.8 Å². The summed E-state index contributed by atoms with van der Waals surface area (Å²) in [5, 5.41) is 0.665. The zero-order valence-corrected chi connectivity index (χ0v) is 15.2. The Morgan fingerprint density at radius 3 is 2.40 bits per heavy atom. The molecule has 3 aromatic rings. The normalized spacial score (nSPS) is 11.5. The molecule has 0 fully saturated rings. The number of hydrogen-bond acceptors (Lipinski definition) is 3. The molecule has 25 heavy (non-hydrogen) atoms. The number of halogens is 2. The summed E-state index contributed by atoms with van der Waals surface area (Å²) in [6.07, 6.45) is 2.59. The van der Waals surface area contributed by atoms with Crippen LogP contribution in [0.25, 0.3) is 22.4 Å². The van der Waals surface area contributed by atoms with Crippen molar-refractivity contribution in [3.63, 3.8) is 0 Å². The van der Waals surface area contributed by atoms with E-state index >= 15 is 0 Å². The molecule has 2 aromatic carbocycles. The molecule has 0 N–H and O–H groups in total. The average molecular weight is 376 g/mol. The fraction of sp³-hybridized carbons (Fsp3) is 0.105. The van der Waals surface area contributed by atoms with Crippen molar-refractivity contribution >= 4 is 21.4 Å². The van der Waals surface area contributed by atoms with E-state index in [1.54, 1.807) is 24.4 Å². The van der Waals surface area contributed by atoms with Gasteiger partial charge in [-0.15, -0.1) is 0 Å². The molecule has 0 aliphatic rings. The Bertz CT molecular complexity index is 1060. The van der Waals surface area contributed by atoms with Crippen molar-refractivity contribution in [2.24, 2.45) is 0 Å². The number of nitrogens with zero attached hydrogens (tertiary/aromatic N) is 1. The number of pyridine rings is 1. The third-order valence-electron chi connectivity index (χ3n) is 3.88. The van der Waals surface area contributed by atoms with Crippen molar-refractivity contribution in [1.29, 1.82) is 0 Å². The topological polar surface area (TPSA) is 47.0 Å². The minimum Gasteiger partial charge on any atom is -0.256 e.